The second-order valence-electron chi connectivity index (χ2n) is 4.77. The van der Waals surface area contributed by atoms with E-state index in [9.17, 15) is 4.79 Å². The Balaban J connectivity index is 2.32. The van der Waals surface area contributed by atoms with E-state index in [1.165, 1.54) is 0 Å². The van der Waals surface area contributed by atoms with Crippen LogP contribution in [0.5, 0.6) is 0 Å². The molecule has 1 aromatic heterocycles. The van der Waals surface area contributed by atoms with Crippen LogP contribution >= 0.6 is 0 Å². The predicted octanol–water partition coefficient (Wildman–Crippen LogP) is 2.35. The minimum Gasteiger partial charge on any atom is -0.328 e. The first kappa shape index (κ1) is 13.8. The van der Waals surface area contributed by atoms with E-state index in [1.807, 2.05) is 32.0 Å². The van der Waals surface area contributed by atoms with Gasteiger partial charge in [0.2, 0.25) is 0 Å². The summed E-state index contributed by atoms with van der Waals surface area (Å²) in [4.78, 5) is 16.1. The molecule has 1 rings (SSSR count). The van der Waals surface area contributed by atoms with Crippen molar-refractivity contribution in [2.75, 3.05) is 0 Å². The van der Waals surface area contributed by atoms with Gasteiger partial charge in [0.15, 0.2) is 0 Å². The molecule has 17 heavy (non-hydrogen) atoms. The van der Waals surface area contributed by atoms with E-state index in [0.717, 1.165) is 25.0 Å². The van der Waals surface area contributed by atoms with Gasteiger partial charge in [-0.15, -0.1) is 0 Å². The van der Waals surface area contributed by atoms with E-state index in [-0.39, 0.29) is 17.7 Å². The first-order valence-electron chi connectivity index (χ1n) is 6.27. The molecule has 3 heteroatoms. The van der Waals surface area contributed by atoms with Crippen molar-refractivity contribution in [3.8, 4) is 0 Å². The monoisotopic (exact) mass is 234 g/mol. The van der Waals surface area contributed by atoms with Crippen molar-refractivity contribution < 1.29 is 4.79 Å². The van der Waals surface area contributed by atoms with Gasteiger partial charge in [0.25, 0.3) is 0 Å². The third kappa shape index (κ3) is 5.59. The van der Waals surface area contributed by atoms with Gasteiger partial charge >= 0.3 is 0 Å². The lowest BCUT2D eigenvalue weighted by Gasteiger charge is -2.11. The fourth-order valence-electron chi connectivity index (χ4n) is 1.76. The minimum absolute atomic E-state index is 0.107. The molecule has 2 N–H and O–H groups in total. The van der Waals surface area contributed by atoms with Crippen LogP contribution in [0, 0.1) is 5.92 Å². The summed E-state index contributed by atoms with van der Waals surface area (Å²) in [6.45, 7) is 3.99. The maximum atomic E-state index is 11.9. The summed E-state index contributed by atoms with van der Waals surface area (Å²) >= 11 is 0. The number of nitrogens with zero attached hydrogens (tertiary/aromatic N) is 1. The highest BCUT2D eigenvalue weighted by Crippen LogP contribution is 2.12. The third-order valence-electron chi connectivity index (χ3n) is 2.93. The van der Waals surface area contributed by atoms with Gasteiger partial charge in [0.05, 0.1) is 0 Å². The largest absolute Gasteiger partial charge is 0.328 e. The highest BCUT2D eigenvalue weighted by atomic mass is 16.1. The van der Waals surface area contributed by atoms with Crippen molar-refractivity contribution in [3.05, 3.63) is 30.1 Å². The molecular weight excluding hydrogens is 212 g/mol. The summed E-state index contributed by atoms with van der Waals surface area (Å²) in [5, 5.41) is 0. The van der Waals surface area contributed by atoms with E-state index in [1.54, 1.807) is 6.20 Å². The maximum Gasteiger partial charge on any atom is 0.141 e. The molecule has 2 unspecified atom stereocenters. The zero-order valence-electron chi connectivity index (χ0n) is 10.7. The highest BCUT2D eigenvalue weighted by molar-refractivity contribution is 5.82. The van der Waals surface area contributed by atoms with Gasteiger partial charge in [-0.2, -0.15) is 0 Å². The molecule has 0 saturated carbocycles. The topological polar surface area (TPSA) is 56.0 Å². The highest BCUT2D eigenvalue weighted by Gasteiger charge is 2.13. The molecule has 0 aliphatic carbocycles. The van der Waals surface area contributed by atoms with Crippen LogP contribution in [-0.4, -0.2) is 16.8 Å². The van der Waals surface area contributed by atoms with Crippen LogP contribution in [-0.2, 0) is 11.2 Å². The van der Waals surface area contributed by atoms with Crippen molar-refractivity contribution in [2.45, 2.75) is 45.6 Å². The Morgan fingerprint density at radius 3 is 2.71 bits per heavy atom. The smallest absolute Gasteiger partial charge is 0.141 e. The molecule has 2 atom stereocenters. The number of pyridine rings is 1. The molecule has 0 saturated heterocycles. The van der Waals surface area contributed by atoms with Crippen LogP contribution < -0.4 is 5.73 Å². The molecule has 0 aliphatic heterocycles. The fourth-order valence-corrected chi connectivity index (χ4v) is 1.76. The SMILES string of the molecule is CC(N)CCCC(C)C(=O)Cc1ccccn1. The number of aromatic nitrogens is 1. The van der Waals surface area contributed by atoms with Crippen LogP contribution in [0.15, 0.2) is 24.4 Å². The average Bonchev–Trinajstić information content (AvgIpc) is 2.29. The lowest BCUT2D eigenvalue weighted by Crippen LogP contribution is -2.17. The van der Waals surface area contributed by atoms with E-state index in [0.29, 0.717) is 6.42 Å². The average molecular weight is 234 g/mol. The number of hydrogen-bond acceptors (Lipinski definition) is 3. The summed E-state index contributed by atoms with van der Waals surface area (Å²) in [5.41, 5.74) is 6.54. The molecule has 1 heterocycles. The van der Waals surface area contributed by atoms with E-state index < -0.39 is 0 Å². The van der Waals surface area contributed by atoms with Gasteiger partial charge < -0.3 is 5.73 Å². The second kappa shape index (κ2) is 7.17. The molecular formula is C14H22N2O. The normalized spacial score (nSPS) is 14.3. The Morgan fingerprint density at radius 1 is 1.35 bits per heavy atom. The Bertz CT molecular complexity index is 335. The van der Waals surface area contributed by atoms with Crippen molar-refractivity contribution >= 4 is 5.78 Å². The fraction of sp³-hybridized carbons (Fsp3) is 0.571. The predicted molar refractivity (Wildman–Crippen MR) is 69.6 cm³/mol. The van der Waals surface area contributed by atoms with Gasteiger partial charge in [-0.3, -0.25) is 9.78 Å². The van der Waals surface area contributed by atoms with Crippen molar-refractivity contribution in [1.82, 2.24) is 4.98 Å². The Kier molecular flexibility index (Phi) is 5.84. The number of Topliss-reactive ketones (excluding diaryl/α,β-unsaturated/α-hetero) is 1. The van der Waals surface area contributed by atoms with Gasteiger partial charge in [-0.25, -0.2) is 0 Å². The Hall–Kier alpha value is -1.22. The van der Waals surface area contributed by atoms with Gasteiger partial charge in [-0.05, 0) is 31.9 Å². The van der Waals surface area contributed by atoms with Crippen LogP contribution in [0.2, 0.25) is 0 Å². The minimum atomic E-state index is 0.107. The van der Waals surface area contributed by atoms with Crippen molar-refractivity contribution in [3.63, 3.8) is 0 Å². The molecule has 1 aromatic rings. The number of carbonyl (C=O) groups is 1. The number of nitrogens with two attached hydrogens (primary N) is 1. The standard InChI is InChI=1S/C14H22N2O/c1-11(6-5-7-12(2)15)14(17)10-13-8-3-4-9-16-13/h3-4,8-9,11-12H,5-7,10,15H2,1-2H3. The van der Waals surface area contributed by atoms with Crippen LogP contribution in [0.1, 0.15) is 38.8 Å². The van der Waals surface area contributed by atoms with Crippen LogP contribution in [0.3, 0.4) is 0 Å². The molecule has 0 bridgehead atoms. The van der Waals surface area contributed by atoms with Crippen molar-refractivity contribution in [1.29, 1.82) is 0 Å². The Labute approximate surface area is 103 Å². The van der Waals surface area contributed by atoms with Crippen molar-refractivity contribution in [2.24, 2.45) is 11.7 Å². The molecule has 0 spiro atoms. The van der Waals surface area contributed by atoms with E-state index in [2.05, 4.69) is 4.98 Å². The summed E-state index contributed by atoms with van der Waals surface area (Å²) in [6.07, 6.45) is 5.10. The van der Waals surface area contributed by atoms with Gasteiger partial charge in [-0.1, -0.05) is 19.4 Å². The first-order valence-corrected chi connectivity index (χ1v) is 6.27. The van der Waals surface area contributed by atoms with Crippen LogP contribution in [0.25, 0.3) is 0 Å². The molecule has 0 fully saturated rings. The third-order valence-corrected chi connectivity index (χ3v) is 2.93. The second-order valence-corrected chi connectivity index (χ2v) is 4.77. The number of hydrogen-bond donors (Lipinski definition) is 1. The van der Waals surface area contributed by atoms with Gasteiger partial charge in [0.1, 0.15) is 5.78 Å². The number of ketones is 1. The molecule has 0 aromatic carbocycles. The lowest BCUT2D eigenvalue weighted by molar-refractivity contribution is -0.122. The summed E-state index contributed by atoms with van der Waals surface area (Å²) in [5.74, 6) is 0.379. The molecule has 0 amide bonds. The molecule has 0 aliphatic rings. The maximum absolute atomic E-state index is 11.9. The first-order chi connectivity index (χ1) is 8.09. The number of carbonyl (C=O) groups excluding carboxylic acids is 1. The zero-order valence-corrected chi connectivity index (χ0v) is 10.7. The summed E-state index contributed by atoms with van der Waals surface area (Å²) in [6, 6.07) is 5.90. The Morgan fingerprint density at radius 2 is 2.12 bits per heavy atom. The molecule has 3 nitrogen and oxygen atoms in total. The molecule has 94 valence electrons. The molecule has 0 radical (unpaired) electrons. The lowest BCUT2D eigenvalue weighted by atomic mass is 9.95. The number of rotatable bonds is 7. The van der Waals surface area contributed by atoms with Gasteiger partial charge in [0, 0.05) is 30.3 Å². The quantitative estimate of drug-likeness (QED) is 0.788. The summed E-state index contributed by atoms with van der Waals surface area (Å²) < 4.78 is 0. The van der Waals surface area contributed by atoms with E-state index in [4.69, 9.17) is 5.73 Å². The van der Waals surface area contributed by atoms with E-state index >= 15 is 0 Å². The summed E-state index contributed by atoms with van der Waals surface area (Å²) in [7, 11) is 0. The zero-order chi connectivity index (χ0) is 12.7. The van der Waals surface area contributed by atoms with Crippen LogP contribution in [0.4, 0.5) is 0 Å².